The number of quaternary nitrogens is 1. The quantitative estimate of drug-likeness (QED) is 0.0272. The van der Waals surface area contributed by atoms with Crippen molar-refractivity contribution < 1.29 is 32.9 Å². The second-order valence-corrected chi connectivity index (χ2v) is 24.2. The van der Waals surface area contributed by atoms with Crippen LogP contribution >= 0.6 is 7.82 Å². The van der Waals surface area contributed by atoms with Gasteiger partial charge >= 0.3 is 0 Å². The van der Waals surface area contributed by atoms with Gasteiger partial charge in [-0.15, -0.1) is 0 Å². The Labute approximate surface area is 454 Å². The van der Waals surface area contributed by atoms with Gasteiger partial charge in [0.25, 0.3) is 7.82 Å². The van der Waals surface area contributed by atoms with Gasteiger partial charge in [-0.05, 0) is 51.4 Å². The molecule has 0 heterocycles. The van der Waals surface area contributed by atoms with Crippen molar-refractivity contribution >= 4 is 13.7 Å². The van der Waals surface area contributed by atoms with Crippen LogP contribution in [0, 0.1) is 0 Å². The summed E-state index contributed by atoms with van der Waals surface area (Å²) in [4.78, 5) is 25.6. The van der Waals surface area contributed by atoms with E-state index in [2.05, 4.69) is 67.8 Å². The second-order valence-electron chi connectivity index (χ2n) is 22.7. The summed E-state index contributed by atoms with van der Waals surface area (Å²) in [5.41, 5.74) is 0. The van der Waals surface area contributed by atoms with E-state index in [-0.39, 0.29) is 19.1 Å². The van der Waals surface area contributed by atoms with Crippen LogP contribution in [0.25, 0.3) is 0 Å². The van der Waals surface area contributed by atoms with E-state index in [1.807, 2.05) is 21.1 Å². The van der Waals surface area contributed by atoms with Crippen molar-refractivity contribution in [2.75, 3.05) is 40.9 Å². The summed E-state index contributed by atoms with van der Waals surface area (Å²) >= 11 is 0. The van der Waals surface area contributed by atoms with Crippen molar-refractivity contribution in [2.24, 2.45) is 0 Å². The van der Waals surface area contributed by atoms with Crippen LogP contribution in [-0.4, -0.2) is 68.5 Å². The molecule has 2 N–H and O–H groups in total. The third-order valence-electron chi connectivity index (χ3n) is 14.3. The molecule has 0 aromatic heterocycles. The SMILES string of the molecule is CC/C=C\C/C=C\C/C=C\C/C=C\CCCCCCCCCCCCCCCCCCC(=O)NC(COP(=O)([O-])OCC[N+](C)(C)C)C(O)CCCCCCCCCCCCCCCCCCCCCCCC. The van der Waals surface area contributed by atoms with E-state index in [1.165, 1.54) is 212 Å². The summed E-state index contributed by atoms with van der Waals surface area (Å²) in [6.45, 7) is 4.65. The number of nitrogens with one attached hydrogen (secondary N) is 1. The summed E-state index contributed by atoms with van der Waals surface area (Å²) in [5.74, 6) is -0.161. The number of phosphoric acid groups is 1. The number of likely N-dealkylation sites (N-methyl/N-ethyl adjacent to an activating group) is 1. The molecular formula is C64H123N2O6P. The fourth-order valence-electron chi connectivity index (χ4n) is 9.45. The van der Waals surface area contributed by atoms with Gasteiger partial charge in [0.15, 0.2) is 0 Å². The molecule has 3 atom stereocenters. The Hall–Kier alpha value is -1.54. The van der Waals surface area contributed by atoms with Gasteiger partial charge in [-0.2, -0.15) is 0 Å². The number of phosphoric ester groups is 1. The number of carbonyl (C=O) groups is 1. The average molecular weight is 1050 g/mol. The number of rotatable bonds is 58. The number of hydrogen-bond donors (Lipinski definition) is 2. The van der Waals surface area contributed by atoms with Gasteiger partial charge in [-0.25, -0.2) is 0 Å². The number of nitrogens with zero attached hydrogens (tertiary/aromatic N) is 1. The molecule has 9 heteroatoms. The first kappa shape index (κ1) is 71.5. The molecule has 3 unspecified atom stereocenters. The van der Waals surface area contributed by atoms with Gasteiger partial charge in [-0.1, -0.05) is 294 Å². The Bertz CT molecular complexity index is 1330. The molecule has 0 aliphatic rings. The first-order chi connectivity index (χ1) is 35.5. The van der Waals surface area contributed by atoms with Crippen molar-refractivity contribution in [1.29, 1.82) is 0 Å². The summed E-state index contributed by atoms with van der Waals surface area (Å²) < 4.78 is 23.5. The Balaban J connectivity index is 4.08. The van der Waals surface area contributed by atoms with E-state index in [0.717, 1.165) is 64.2 Å². The topological polar surface area (TPSA) is 108 Å². The van der Waals surface area contributed by atoms with E-state index < -0.39 is 20.0 Å². The van der Waals surface area contributed by atoms with Gasteiger partial charge < -0.3 is 28.8 Å². The standard InChI is InChI=1S/C64H123N2O6P/c1-6-8-10-12-14-16-18-20-22-24-26-28-30-31-32-33-34-35-36-38-40-42-44-46-48-50-52-54-56-58-64(68)65-62(61-72-73(69,70)71-60-59-66(3,4)5)63(67)57-55-53-51-49-47-45-43-41-39-37-29-27-25-23-21-19-17-15-13-11-9-7-2/h8,10,14,16,20,22,26,28,62-63,67H,6-7,9,11-13,15,17-19,21,23-25,27,29-61H2,1-5H3,(H-,65,68,69,70)/b10-8-,16-14-,22-20-,28-26-. The van der Waals surface area contributed by atoms with Crippen LogP contribution in [0.2, 0.25) is 0 Å². The maximum atomic E-state index is 13.0. The van der Waals surface area contributed by atoms with Crippen LogP contribution in [0.15, 0.2) is 48.6 Å². The second kappa shape index (κ2) is 55.2. The minimum Gasteiger partial charge on any atom is -0.756 e. The molecule has 0 aromatic rings. The van der Waals surface area contributed by atoms with E-state index >= 15 is 0 Å². The fourth-order valence-corrected chi connectivity index (χ4v) is 10.2. The fraction of sp³-hybridized carbons (Fsp3) is 0.859. The zero-order valence-electron chi connectivity index (χ0n) is 49.1. The molecule has 0 spiro atoms. The number of hydrogen-bond acceptors (Lipinski definition) is 6. The highest BCUT2D eigenvalue weighted by atomic mass is 31.2. The van der Waals surface area contributed by atoms with Crippen LogP contribution in [0.1, 0.15) is 303 Å². The van der Waals surface area contributed by atoms with Gasteiger partial charge in [0.1, 0.15) is 13.2 Å². The lowest BCUT2D eigenvalue weighted by atomic mass is 10.0. The molecule has 8 nitrogen and oxygen atoms in total. The predicted molar refractivity (Wildman–Crippen MR) is 316 cm³/mol. The molecule has 0 saturated heterocycles. The smallest absolute Gasteiger partial charge is 0.268 e. The van der Waals surface area contributed by atoms with Gasteiger partial charge in [0.2, 0.25) is 5.91 Å². The zero-order chi connectivity index (χ0) is 53.5. The van der Waals surface area contributed by atoms with E-state index in [4.69, 9.17) is 9.05 Å². The molecule has 73 heavy (non-hydrogen) atoms. The Morgan fingerprint density at radius 1 is 0.493 bits per heavy atom. The number of unbranched alkanes of at least 4 members (excludes halogenated alkanes) is 37. The summed E-state index contributed by atoms with van der Waals surface area (Å²) in [5, 5.41) is 14.1. The molecule has 0 aliphatic heterocycles. The van der Waals surface area contributed by atoms with Crippen molar-refractivity contribution in [1.82, 2.24) is 5.32 Å². The number of aliphatic hydroxyl groups is 1. The number of allylic oxidation sites excluding steroid dienone is 8. The van der Waals surface area contributed by atoms with Crippen molar-refractivity contribution in [3.8, 4) is 0 Å². The van der Waals surface area contributed by atoms with Crippen LogP contribution in [0.5, 0.6) is 0 Å². The number of aliphatic hydroxyl groups excluding tert-OH is 1. The third-order valence-corrected chi connectivity index (χ3v) is 15.3. The van der Waals surface area contributed by atoms with Crippen LogP contribution in [-0.2, 0) is 18.4 Å². The van der Waals surface area contributed by atoms with Crippen LogP contribution < -0.4 is 10.2 Å². The molecule has 1 amide bonds. The monoisotopic (exact) mass is 1050 g/mol. The lowest BCUT2D eigenvalue weighted by Crippen LogP contribution is -2.46. The largest absolute Gasteiger partial charge is 0.756 e. The van der Waals surface area contributed by atoms with Gasteiger partial charge in [0, 0.05) is 6.42 Å². The summed E-state index contributed by atoms with van der Waals surface area (Å²) in [6.07, 6.45) is 73.0. The molecule has 0 radical (unpaired) electrons. The lowest BCUT2D eigenvalue weighted by Gasteiger charge is -2.30. The van der Waals surface area contributed by atoms with Crippen molar-refractivity contribution in [2.45, 2.75) is 315 Å². The third kappa shape index (κ3) is 58.0. The first-order valence-electron chi connectivity index (χ1n) is 31.5. The van der Waals surface area contributed by atoms with Crippen LogP contribution in [0.4, 0.5) is 0 Å². The Morgan fingerprint density at radius 3 is 1.22 bits per heavy atom. The highest BCUT2D eigenvalue weighted by molar-refractivity contribution is 7.45. The lowest BCUT2D eigenvalue weighted by molar-refractivity contribution is -0.870. The van der Waals surface area contributed by atoms with E-state index in [1.54, 1.807) is 0 Å². The molecule has 0 rings (SSSR count). The molecule has 0 fully saturated rings. The zero-order valence-corrected chi connectivity index (χ0v) is 50.0. The average Bonchev–Trinajstić information content (AvgIpc) is 3.35. The van der Waals surface area contributed by atoms with Crippen molar-refractivity contribution in [3.05, 3.63) is 48.6 Å². The van der Waals surface area contributed by atoms with Gasteiger partial charge in [-0.3, -0.25) is 9.36 Å². The molecular weight excluding hydrogens is 924 g/mol. The first-order valence-corrected chi connectivity index (χ1v) is 32.9. The van der Waals surface area contributed by atoms with E-state index in [9.17, 15) is 19.4 Å². The normalized spacial score (nSPS) is 14.1. The highest BCUT2D eigenvalue weighted by Crippen LogP contribution is 2.38. The minimum atomic E-state index is -4.58. The molecule has 0 aromatic carbocycles. The number of carbonyl (C=O) groups excluding carboxylic acids is 1. The maximum absolute atomic E-state index is 13.0. The minimum absolute atomic E-state index is 0.0128. The number of amides is 1. The Morgan fingerprint density at radius 2 is 0.836 bits per heavy atom. The van der Waals surface area contributed by atoms with Crippen LogP contribution in [0.3, 0.4) is 0 Å². The molecule has 0 saturated carbocycles. The molecule has 0 bridgehead atoms. The van der Waals surface area contributed by atoms with E-state index in [0.29, 0.717) is 23.9 Å². The summed E-state index contributed by atoms with van der Waals surface area (Å²) in [7, 11) is 1.31. The predicted octanol–water partition coefficient (Wildman–Crippen LogP) is 18.9. The highest BCUT2D eigenvalue weighted by Gasteiger charge is 2.24. The van der Waals surface area contributed by atoms with Gasteiger partial charge in [0.05, 0.1) is 39.9 Å². The molecule has 0 aliphatic carbocycles. The Kier molecular flexibility index (Phi) is 54.1. The summed E-state index contributed by atoms with van der Waals surface area (Å²) in [6, 6.07) is -0.802. The maximum Gasteiger partial charge on any atom is 0.268 e. The molecule has 430 valence electrons. The van der Waals surface area contributed by atoms with Crippen molar-refractivity contribution in [3.63, 3.8) is 0 Å².